The summed E-state index contributed by atoms with van der Waals surface area (Å²) < 4.78 is 5.96. The maximum atomic E-state index is 11.9. The summed E-state index contributed by atoms with van der Waals surface area (Å²) in [6.45, 7) is 7.11. The molecule has 30 heavy (non-hydrogen) atoms. The maximum absolute atomic E-state index is 11.9. The number of carbonyl (C=O) groups is 2. The number of amides is 3. The van der Waals surface area contributed by atoms with Crippen molar-refractivity contribution in [2.45, 2.75) is 27.7 Å². The van der Waals surface area contributed by atoms with Crippen LogP contribution in [0, 0.1) is 19.8 Å². The molecule has 0 saturated heterocycles. The Morgan fingerprint density at radius 2 is 1.77 bits per heavy atom. The van der Waals surface area contributed by atoms with Crippen LogP contribution in [0.3, 0.4) is 0 Å². The smallest absolute Gasteiger partial charge is 0.327 e. The summed E-state index contributed by atoms with van der Waals surface area (Å²) >= 11 is 0. The minimum Gasteiger partial charge on any atom is -0.455 e. The Kier molecular flexibility index (Phi) is 6.36. The van der Waals surface area contributed by atoms with Gasteiger partial charge < -0.3 is 4.74 Å². The molecule has 0 aliphatic rings. The Balaban J connectivity index is 1.71. The minimum atomic E-state index is -0.624. The minimum absolute atomic E-state index is 0.289. The Hall–Kier alpha value is -3.81. The molecule has 0 saturated carbocycles. The van der Waals surface area contributed by atoms with Gasteiger partial charge in [-0.15, -0.1) is 0 Å². The first-order chi connectivity index (χ1) is 14.3. The van der Waals surface area contributed by atoms with E-state index in [4.69, 9.17) is 4.74 Å². The molecule has 3 rings (SSSR count). The highest BCUT2D eigenvalue weighted by Crippen LogP contribution is 2.28. The largest absolute Gasteiger partial charge is 0.455 e. The van der Waals surface area contributed by atoms with Crippen molar-refractivity contribution in [3.63, 3.8) is 0 Å². The van der Waals surface area contributed by atoms with Gasteiger partial charge in [-0.1, -0.05) is 13.8 Å². The number of rotatable bonds is 5. The third-order valence-corrected chi connectivity index (χ3v) is 4.19. The Morgan fingerprint density at radius 1 is 1.00 bits per heavy atom. The van der Waals surface area contributed by atoms with Gasteiger partial charge in [0.15, 0.2) is 0 Å². The average molecular weight is 405 g/mol. The molecule has 0 aliphatic carbocycles. The highest BCUT2D eigenvalue weighted by atomic mass is 16.5. The van der Waals surface area contributed by atoms with Crippen molar-refractivity contribution in [2.75, 3.05) is 5.32 Å². The molecule has 0 aromatic carbocycles. The summed E-state index contributed by atoms with van der Waals surface area (Å²) in [5.41, 5.74) is 3.21. The van der Waals surface area contributed by atoms with Crippen LogP contribution >= 0.6 is 0 Å². The van der Waals surface area contributed by atoms with E-state index in [9.17, 15) is 9.59 Å². The van der Waals surface area contributed by atoms with Crippen molar-refractivity contribution in [1.29, 1.82) is 0 Å². The van der Waals surface area contributed by atoms with E-state index < -0.39 is 6.03 Å². The number of hydrogen-bond acceptors (Lipinski definition) is 6. The first-order valence-electron chi connectivity index (χ1n) is 9.48. The molecule has 3 amide bonds. The van der Waals surface area contributed by atoms with E-state index in [2.05, 4.69) is 25.6 Å². The van der Waals surface area contributed by atoms with Crippen LogP contribution in [-0.4, -0.2) is 26.9 Å². The monoisotopic (exact) mass is 405 g/mol. The van der Waals surface area contributed by atoms with Gasteiger partial charge in [-0.25, -0.2) is 9.78 Å². The summed E-state index contributed by atoms with van der Waals surface area (Å²) in [5, 5.41) is 4.80. The van der Waals surface area contributed by atoms with Crippen molar-refractivity contribution in [3.8, 4) is 22.8 Å². The molecule has 2 N–H and O–H groups in total. The molecule has 0 radical (unpaired) electrons. The number of hydrogen-bond donors (Lipinski definition) is 2. The third kappa shape index (κ3) is 5.38. The van der Waals surface area contributed by atoms with E-state index in [0.29, 0.717) is 23.0 Å². The molecule has 0 aliphatic heterocycles. The van der Waals surface area contributed by atoms with Crippen LogP contribution in [0.25, 0.3) is 11.3 Å². The summed E-state index contributed by atoms with van der Waals surface area (Å²) in [6, 6.07) is 10.1. The summed E-state index contributed by atoms with van der Waals surface area (Å²) in [7, 11) is 0. The van der Waals surface area contributed by atoms with Gasteiger partial charge in [0.1, 0.15) is 17.3 Å². The lowest BCUT2D eigenvalue weighted by Crippen LogP contribution is -2.37. The first kappa shape index (κ1) is 20.9. The topological polar surface area (TPSA) is 106 Å². The van der Waals surface area contributed by atoms with Gasteiger partial charge in [-0.05, 0) is 44.2 Å². The molecule has 0 bridgehead atoms. The fraction of sp³-hybridized carbons (Fsp3) is 0.227. The number of aryl methyl sites for hydroxylation is 2. The summed E-state index contributed by atoms with van der Waals surface area (Å²) in [4.78, 5) is 36.4. The molecule has 0 fully saturated rings. The van der Waals surface area contributed by atoms with Crippen molar-refractivity contribution in [3.05, 3.63) is 60.2 Å². The Bertz CT molecular complexity index is 1080. The fourth-order valence-electron chi connectivity index (χ4n) is 2.59. The van der Waals surface area contributed by atoms with Crippen molar-refractivity contribution >= 4 is 17.8 Å². The molecular formula is C22H23N5O3. The van der Waals surface area contributed by atoms with Crippen LogP contribution in [-0.2, 0) is 4.79 Å². The zero-order valence-corrected chi connectivity index (χ0v) is 17.3. The molecule has 8 nitrogen and oxygen atoms in total. The van der Waals surface area contributed by atoms with Crippen LogP contribution in [0.15, 0.2) is 48.8 Å². The second kappa shape index (κ2) is 9.13. The highest BCUT2D eigenvalue weighted by molar-refractivity contribution is 6.01. The second-order valence-electron chi connectivity index (χ2n) is 7.04. The Labute approximate surface area is 174 Å². The normalized spacial score (nSPS) is 10.6. The maximum Gasteiger partial charge on any atom is 0.327 e. The molecule has 8 heteroatoms. The second-order valence-corrected chi connectivity index (χ2v) is 7.04. The van der Waals surface area contributed by atoms with E-state index in [1.54, 1.807) is 51.4 Å². The zero-order valence-electron chi connectivity index (χ0n) is 17.3. The number of pyridine rings is 3. The fourth-order valence-corrected chi connectivity index (χ4v) is 2.59. The van der Waals surface area contributed by atoms with Crippen LogP contribution in [0.4, 0.5) is 10.6 Å². The number of ether oxygens (including phenoxy) is 1. The number of urea groups is 1. The number of nitrogens with zero attached hydrogens (tertiary/aromatic N) is 3. The van der Waals surface area contributed by atoms with Crippen LogP contribution in [0.1, 0.15) is 25.2 Å². The van der Waals surface area contributed by atoms with E-state index in [0.717, 1.165) is 17.0 Å². The highest BCUT2D eigenvalue weighted by Gasteiger charge is 2.13. The van der Waals surface area contributed by atoms with Gasteiger partial charge >= 0.3 is 6.03 Å². The number of nitrogens with one attached hydrogen (secondary N) is 2. The van der Waals surface area contributed by atoms with Crippen molar-refractivity contribution < 1.29 is 14.3 Å². The van der Waals surface area contributed by atoms with Gasteiger partial charge in [-0.2, -0.15) is 0 Å². The van der Waals surface area contributed by atoms with E-state index in [1.807, 2.05) is 25.1 Å². The lowest BCUT2D eigenvalue weighted by atomic mass is 10.1. The quantitative estimate of drug-likeness (QED) is 0.657. The lowest BCUT2D eigenvalue weighted by Gasteiger charge is -2.12. The van der Waals surface area contributed by atoms with Gasteiger partial charge in [0.25, 0.3) is 0 Å². The molecule has 0 spiro atoms. The lowest BCUT2D eigenvalue weighted by molar-refractivity contribution is -0.122. The molecular weight excluding hydrogens is 382 g/mol. The molecule has 0 unspecified atom stereocenters. The van der Waals surface area contributed by atoms with Gasteiger partial charge in [0, 0.05) is 35.6 Å². The number of anilines is 1. The SMILES string of the molecule is Cc1cc(-c2cc(Oc3ccc(NC(=O)NC(=O)C(C)C)nc3C)ccn2)ccn1. The molecule has 154 valence electrons. The zero-order chi connectivity index (χ0) is 21.7. The van der Waals surface area contributed by atoms with Crippen LogP contribution < -0.4 is 15.4 Å². The first-order valence-corrected chi connectivity index (χ1v) is 9.48. The predicted octanol–water partition coefficient (Wildman–Crippen LogP) is 4.25. The Morgan fingerprint density at radius 3 is 2.47 bits per heavy atom. The van der Waals surface area contributed by atoms with E-state index in [-0.39, 0.29) is 11.8 Å². The summed E-state index contributed by atoms with van der Waals surface area (Å²) in [5.74, 6) is 0.823. The standard InChI is InChI=1S/C22H23N5O3/c1-13(2)21(28)27-22(29)26-20-6-5-19(15(4)25-20)30-17-8-10-24-18(12-17)16-7-9-23-14(3)11-16/h5-13H,1-4H3,(H2,25,26,27,28,29). The molecule has 3 heterocycles. The average Bonchev–Trinajstić information content (AvgIpc) is 2.70. The van der Waals surface area contributed by atoms with Crippen molar-refractivity contribution in [1.82, 2.24) is 20.3 Å². The van der Waals surface area contributed by atoms with Gasteiger partial charge in [0.05, 0.1) is 11.4 Å². The third-order valence-electron chi connectivity index (χ3n) is 4.19. The number of imide groups is 1. The van der Waals surface area contributed by atoms with E-state index in [1.165, 1.54) is 0 Å². The molecule has 3 aromatic heterocycles. The predicted molar refractivity (Wildman–Crippen MR) is 113 cm³/mol. The van der Waals surface area contributed by atoms with Gasteiger partial charge in [0.2, 0.25) is 5.91 Å². The molecule has 0 atom stereocenters. The summed E-state index contributed by atoms with van der Waals surface area (Å²) in [6.07, 6.45) is 3.42. The van der Waals surface area contributed by atoms with Crippen LogP contribution in [0.2, 0.25) is 0 Å². The van der Waals surface area contributed by atoms with Gasteiger partial charge in [-0.3, -0.25) is 25.4 Å². The number of carbonyl (C=O) groups excluding carboxylic acids is 2. The van der Waals surface area contributed by atoms with E-state index >= 15 is 0 Å². The molecule has 3 aromatic rings. The number of aromatic nitrogens is 3. The van der Waals surface area contributed by atoms with Crippen LogP contribution in [0.5, 0.6) is 11.5 Å². The van der Waals surface area contributed by atoms with Crippen molar-refractivity contribution in [2.24, 2.45) is 5.92 Å².